The second-order valence-electron chi connectivity index (χ2n) is 7.79. The highest BCUT2D eigenvalue weighted by Gasteiger charge is 2.26. The normalized spacial score (nSPS) is 18.6. The van der Waals surface area contributed by atoms with Gasteiger partial charge in [0, 0.05) is 51.1 Å². The zero-order valence-corrected chi connectivity index (χ0v) is 18.2. The summed E-state index contributed by atoms with van der Waals surface area (Å²) in [7, 11) is 1.56. The highest BCUT2D eigenvalue weighted by molar-refractivity contribution is 5.95. The van der Waals surface area contributed by atoms with Crippen molar-refractivity contribution in [1.29, 1.82) is 0 Å². The number of carbonyl (C=O) groups excluding carboxylic acids is 2. The van der Waals surface area contributed by atoms with Crippen molar-refractivity contribution in [3.63, 3.8) is 0 Å². The summed E-state index contributed by atoms with van der Waals surface area (Å²) in [6, 6.07) is 10.1. The van der Waals surface area contributed by atoms with Gasteiger partial charge in [-0.05, 0) is 37.6 Å². The van der Waals surface area contributed by atoms with Crippen LogP contribution in [0.3, 0.4) is 0 Å². The second-order valence-corrected chi connectivity index (χ2v) is 7.79. The van der Waals surface area contributed by atoms with Crippen LogP contribution in [0, 0.1) is 0 Å². The molecule has 0 radical (unpaired) electrons. The van der Waals surface area contributed by atoms with Crippen LogP contribution >= 0.6 is 0 Å². The van der Waals surface area contributed by atoms with E-state index in [-0.39, 0.29) is 29.6 Å². The molecule has 2 heterocycles. The lowest BCUT2D eigenvalue weighted by atomic mass is 10.1. The van der Waals surface area contributed by atoms with Gasteiger partial charge in [-0.25, -0.2) is 0 Å². The van der Waals surface area contributed by atoms with Crippen LogP contribution in [-0.4, -0.2) is 60.3 Å². The fourth-order valence-electron chi connectivity index (χ4n) is 3.61. The molecule has 166 valence electrons. The number of hydrogen-bond donors (Lipinski definition) is 1. The third kappa shape index (κ3) is 6.02. The average Bonchev–Trinajstić information content (AvgIpc) is 2.76. The molecule has 1 N–H and O–H groups in total. The predicted octanol–water partition coefficient (Wildman–Crippen LogP) is 1.67. The topological polar surface area (TPSA) is 89.9 Å². The molecule has 1 aliphatic rings. The molecular weight excluding hydrogens is 398 g/mol. The Balaban J connectivity index is 1.58. The number of pyridine rings is 1. The van der Waals surface area contributed by atoms with Crippen LogP contribution in [0.25, 0.3) is 0 Å². The summed E-state index contributed by atoms with van der Waals surface area (Å²) in [6.45, 7) is 6.17. The van der Waals surface area contributed by atoms with Gasteiger partial charge >= 0.3 is 0 Å². The van der Waals surface area contributed by atoms with Gasteiger partial charge in [-0.1, -0.05) is 12.1 Å². The minimum absolute atomic E-state index is 0.0177. The van der Waals surface area contributed by atoms with E-state index in [0.29, 0.717) is 43.9 Å². The smallest absolute Gasteiger partial charge is 0.254 e. The Morgan fingerprint density at radius 3 is 2.35 bits per heavy atom. The summed E-state index contributed by atoms with van der Waals surface area (Å²) in [5.41, 5.74) is 1.71. The quantitative estimate of drug-likeness (QED) is 0.726. The van der Waals surface area contributed by atoms with E-state index in [1.807, 2.05) is 30.9 Å². The first-order chi connectivity index (χ1) is 14.9. The maximum Gasteiger partial charge on any atom is 0.254 e. The van der Waals surface area contributed by atoms with Gasteiger partial charge in [-0.3, -0.25) is 14.4 Å². The van der Waals surface area contributed by atoms with Crippen molar-refractivity contribution in [2.24, 2.45) is 0 Å². The van der Waals surface area contributed by atoms with Crippen molar-refractivity contribution in [2.45, 2.75) is 39.1 Å². The van der Waals surface area contributed by atoms with E-state index in [9.17, 15) is 14.4 Å². The zero-order valence-electron chi connectivity index (χ0n) is 18.2. The molecule has 31 heavy (non-hydrogen) atoms. The standard InChI is InChI=1S/C23H29N3O5/c1-16-13-26(14-17(2)31-16)23(29)19-6-4-18(5-7-19)12-24-22(28)20-8-9-21(27)25(15-20)10-11-30-3/h4-9,15-17H,10-14H2,1-3H3,(H,24,28). The molecule has 3 rings (SSSR count). The largest absolute Gasteiger partial charge is 0.383 e. The van der Waals surface area contributed by atoms with E-state index < -0.39 is 0 Å². The fourth-order valence-corrected chi connectivity index (χ4v) is 3.61. The Labute approximate surface area is 181 Å². The predicted molar refractivity (Wildman–Crippen MR) is 116 cm³/mol. The number of methoxy groups -OCH3 is 1. The number of aromatic nitrogens is 1. The molecule has 1 saturated heterocycles. The summed E-state index contributed by atoms with van der Waals surface area (Å²) < 4.78 is 12.1. The van der Waals surface area contributed by atoms with Crippen LogP contribution in [0.15, 0.2) is 47.4 Å². The molecule has 2 unspecified atom stereocenters. The summed E-state index contributed by atoms with van der Waals surface area (Å²) in [6.07, 6.45) is 1.57. The van der Waals surface area contributed by atoms with Crippen LogP contribution in [-0.2, 0) is 22.6 Å². The Kier molecular flexibility index (Phi) is 7.59. The van der Waals surface area contributed by atoms with Crippen LogP contribution < -0.4 is 10.9 Å². The molecule has 2 amide bonds. The maximum absolute atomic E-state index is 12.8. The Morgan fingerprint density at radius 2 is 1.71 bits per heavy atom. The zero-order chi connectivity index (χ0) is 22.4. The van der Waals surface area contributed by atoms with E-state index >= 15 is 0 Å². The number of benzene rings is 1. The summed E-state index contributed by atoms with van der Waals surface area (Å²) >= 11 is 0. The van der Waals surface area contributed by atoms with Gasteiger partial charge < -0.3 is 24.3 Å². The number of amides is 2. The van der Waals surface area contributed by atoms with Gasteiger partial charge in [0.05, 0.1) is 24.4 Å². The SMILES string of the molecule is COCCn1cc(C(=O)NCc2ccc(C(=O)N3CC(C)OC(C)C3)cc2)ccc1=O. The highest BCUT2D eigenvalue weighted by Crippen LogP contribution is 2.15. The highest BCUT2D eigenvalue weighted by atomic mass is 16.5. The molecule has 1 fully saturated rings. The molecule has 1 aromatic heterocycles. The van der Waals surface area contributed by atoms with Crippen molar-refractivity contribution >= 4 is 11.8 Å². The minimum Gasteiger partial charge on any atom is -0.383 e. The molecule has 0 bridgehead atoms. The minimum atomic E-state index is -0.275. The van der Waals surface area contributed by atoms with Gasteiger partial charge in [-0.15, -0.1) is 0 Å². The van der Waals surface area contributed by atoms with Crippen LogP contribution in [0.4, 0.5) is 0 Å². The van der Waals surface area contributed by atoms with Crippen LogP contribution in [0.2, 0.25) is 0 Å². The first-order valence-electron chi connectivity index (χ1n) is 10.4. The van der Waals surface area contributed by atoms with Gasteiger partial charge in [0.2, 0.25) is 0 Å². The van der Waals surface area contributed by atoms with E-state index in [2.05, 4.69) is 5.32 Å². The molecule has 8 nitrogen and oxygen atoms in total. The van der Waals surface area contributed by atoms with E-state index in [4.69, 9.17) is 9.47 Å². The lowest BCUT2D eigenvalue weighted by Crippen LogP contribution is -2.48. The van der Waals surface area contributed by atoms with Crippen molar-refractivity contribution in [3.8, 4) is 0 Å². The third-order valence-electron chi connectivity index (χ3n) is 5.14. The molecule has 1 aromatic carbocycles. The molecule has 0 saturated carbocycles. The van der Waals surface area contributed by atoms with Crippen LogP contribution in [0.5, 0.6) is 0 Å². The number of hydrogen-bond acceptors (Lipinski definition) is 5. The lowest BCUT2D eigenvalue weighted by molar-refractivity contribution is -0.0586. The summed E-state index contributed by atoms with van der Waals surface area (Å²) in [5, 5.41) is 2.84. The molecular formula is C23H29N3O5. The monoisotopic (exact) mass is 427 g/mol. The third-order valence-corrected chi connectivity index (χ3v) is 5.14. The summed E-state index contributed by atoms with van der Waals surface area (Å²) in [4.78, 5) is 38.9. The van der Waals surface area contributed by atoms with Crippen molar-refractivity contribution in [3.05, 3.63) is 69.6 Å². The van der Waals surface area contributed by atoms with E-state index in [1.54, 1.807) is 19.2 Å². The molecule has 8 heteroatoms. The molecule has 0 aliphatic carbocycles. The number of nitrogens with zero attached hydrogens (tertiary/aromatic N) is 2. The van der Waals surface area contributed by atoms with E-state index in [1.165, 1.54) is 22.9 Å². The average molecular weight is 428 g/mol. The Bertz CT molecular complexity index is 960. The number of rotatable bonds is 7. The van der Waals surface area contributed by atoms with Crippen molar-refractivity contribution in [2.75, 3.05) is 26.8 Å². The maximum atomic E-state index is 12.8. The number of nitrogens with one attached hydrogen (secondary N) is 1. The van der Waals surface area contributed by atoms with Gasteiger partial charge in [0.15, 0.2) is 0 Å². The van der Waals surface area contributed by atoms with E-state index in [0.717, 1.165) is 5.56 Å². The van der Waals surface area contributed by atoms with Crippen molar-refractivity contribution < 1.29 is 19.1 Å². The van der Waals surface area contributed by atoms with Gasteiger partial charge in [-0.2, -0.15) is 0 Å². The van der Waals surface area contributed by atoms with Crippen LogP contribution in [0.1, 0.15) is 40.1 Å². The molecule has 2 aromatic rings. The molecule has 1 aliphatic heterocycles. The van der Waals surface area contributed by atoms with Gasteiger partial charge in [0.1, 0.15) is 0 Å². The molecule has 0 spiro atoms. The number of morpholine rings is 1. The first-order valence-corrected chi connectivity index (χ1v) is 10.4. The fraction of sp³-hybridized carbons (Fsp3) is 0.435. The molecule has 2 atom stereocenters. The Hall–Kier alpha value is -2.97. The number of ether oxygens (including phenoxy) is 2. The first kappa shape index (κ1) is 22.7. The number of carbonyl (C=O) groups is 2. The Morgan fingerprint density at radius 1 is 1.06 bits per heavy atom. The summed E-state index contributed by atoms with van der Waals surface area (Å²) in [5.74, 6) is -0.293. The van der Waals surface area contributed by atoms with Gasteiger partial charge in [0.25, 0.3) is 17.4 Å². The van der Waals surface area contributed by atoms with Crippen molar-refractivity contribution in [1.82, 2.24) is 14.8 Å². The lowest BCUT2D eigenvalue weighted by Gasteiger charge is -2.35. The second kappa shape index (κ2) is 10.4.